The average Bonchev–Trinajstić information content (AvgIpc) is 2.57. The van der Waals surface area contributed by atoms with Gasteiger partial charge in [-0.3, -0.25) is 10.1 Å². The van der Waals surface area contributed by atoms with Crippen molar-refractivity contribution in [1.29, 1.82) is 0 Å². The topological polar surface area (TPSA) is 83.7 Å². The summed E-state index contributed by atoms with van der Waals surface area (Å²) in [6.45, 7) is 8.14. The lowest BCUT2D eigenvalue weighted by Crippen LogP contribution is -2.41. The Hall–Kier alpha value is -2.89. The molecule has 2 aromatic rings. The van der Waals surface area contributed by atoms with E-state index in [4.69, 9.17) is 0 Å². The van der Waals surface area contributed by atoms with Crippen LogP contribution in [0.2, 0.25) is 0 Å². The zero-order valence-corrected chi connectivity index (χ0v) is 16.2. The molecule has 1 amide bonds. The van der Waals surface area contributed by atoms with Crippen LogP contribution in [0.5, 0.6) is 0 Å². The monoisotopic (exact) mass is 370 g/mol. The van der Waals surface area contributed by atoms with Crippen LogP contribution in [-0.4, -0.2) is 27.6 Å². The molecule has 0 radical (unpaired) electrons. The highest BCUT2D eigenvalue weighted by atomic mass is 16.6. The van der Waals surface area contributed by atoms with Crippen molar-refractivity contribution in [3.63, 3.8) is 0 Å². The minimum Gasteiger partial charge on any atom is -0.465 e. The van der Waals surface area contributed by atoms with Crippen molar-refractivity contribution in [2.75, 3.05) is 6.54 Å². The van der Waals surface area contributed by atoms with Gasteiger partial charge in [0.25, 0.3) is 5.69 Å². The summed E-state index contributed by atoms with van der Waals surface area (Å²) in [6.07, 6.45) is -0.454. The first kappa shape index (κ1) is 20.4. The van der Waals surface area contributed by atoms with Crippen LogP contribution in [-0.2, 0) is 6.42 Å². The van der Waals surface area contributed by atoms with E-state index in [9.17, 15) is 20.0 Å². The predicted octanol–water partition coefficient (Wildman–Crippen LogP) is 5.21. The molecule has 6 heteroatoms. The molecule has 0 spiro atoms. The van der Waals surface area contributed by atoms with Gasteiger partial charge >= 0.3 is 6.09 Å². The van der Waals surface area contributed by atoms with Gasteiger partial charge in [0.15, 0.2) is 0 Å². The number of hydrogen-bond acceptors (Lipinski definition) is 3. The van der Waals surface area contributed by atoms with Gasteiger partial charge in [-0.15, -0.1) is 0 Å². The van der Waals surface area contributed by atoms with E-state index in [1.165, 1.54) is 17.0 Å². The second-order valence-corrected chi connectivity index (χ2v) is 7.84. The zero-order valence-electron chi connectivity index (χ0n) is 16.2. The molecule has 0 heterocycles. The summed E-state index contributed by atoms with van der Waals surface area (Å²) in [6, 6.07) is 13.7. The van der Waals surface area contributed by atoms with Crippen LogP contribution in [0.25, 0.3) is 0 Å². The Bertz CT molecular complexity index is 827. The Balaban J connectivity index is 2.37. The predicted molar refractivity (Wildman–Crippen MR) is 105 cm³/mol. The number of carbonyl (C=O) groups is 1. The van der Waals surface area contributed by atoms with Gasteiger partial charge in [-0.2, -0.15) is 0 Å². The molecule has 1 unspecified atom stereocenters. The molecule has 0 fully saturated rings. The summed E-state index contributed by atoms with van der Waals surface area (Å²) in [5, 5.41) is 21.0. The molecule has 0 aromatic heterocycles. The number of non-ortho nitro benzene ring substituents is 1. The maximum atomic E-state index is 12.1. The van der Waals surface area contributed by atoms with Crippen LogP contribution in [0.4, 0.5) is 10.5 Å². The minimum absolute atomic E-state index is 0.0363. The molecule has 1 atom stereocenters. The van der Waals surface area contributed by atoms with Gasteiger partial charge in [0.05, 0.1) is 11.0 Å². The van der Waals surface area contributed by atoms with Crippen LogP contribution >= 0.6 is 0 Å². The van der Waals surface area contributed by atoms with Crippen molar-refractivity contribution in [2.24, 2.45) is 5.41 Å². The molecule has 1 N–H and O–H groups in total. The van der Waals surface area contributed by atoms with Crippen molar-refractivity contribution >= 4 is 11.8 Å². The van der Waals surface area contributed by atoms with Crippen LogP contribution in [0, 0.1) is 22.5 Å². The summed E-state index contributed by atoms with van der Waals surface area (Å²) in [4.78, 5) is 24.1. The normalized spacial score (nSPS) is 12.4. The Labute approximate surface area is 159 Å². The van der Waals surface area contributed by atoms with Crippen molar-refractivity contribution in [3.8, 4) is 0 Å². The van der Waals surface area contributed by atoms with Crippen LogP contribution in [0.1, 0.15) is 43.5 Å². The van der Waals surface area contributed by atoms with Gasteiger partial charge in [0.1, 0.15) is 0 Å². The fourth-order valence-corrected chi connectivity index (χ4v) is 3.41. The van der Waals surface area contributed by atoms with E-state index < -0.39 is 22.5 Å². The Kier molecular flexibility index (Phi) is 6.20. The van der Waals surface area contributed by atoms with E-state index in [2.05, 4.69) is 0 Å². The summed E-state index contributed by atoms with van der Waals surface area (Å²) >= 11 is 0. The Morgan fingerprint density at radius 2 is 1.85 bits per heavy atom. The Morgan fingerprint density at radius 1 is 1.19 bits per heavy atom. The zero-order chi connectivity index (χ0) is 20.2. The number of aryl methyl sites for hydroxylation is 1. The number of nitrogens with zero attached hydrogens (tertiary/aromatic N) is 2. The van der Waals surface area contributed by atoms with Gasteiger partial charge in [0, 0.05) is 18.7 Å². The van der Waals surface area contributed by atoms with E-state index in [-0.39, 0.29) is 5.69 Å². The van der Waals surface area contributed by atoms with E-state index in [1.807, 2.05) is 52.0 Å². The first-order valence-corrected chi connectivity index (χ1v) is 8.89. The largest absolute Gasteiger partial charge is 0.465 e. The molecule has 0 aliphatic rings. The minimum atomic E-state index is -1.03. The van der Waals surface area contributed by atoms with Gasteiger partial charge in [-0.05, 0) is 29.9 Å². The highest BCUT2D eigenvalue weighted by Gasteiger charge is 2.35. The lowest BCUT2D eigenvalue weighted by Gasteiger charge is -2.39. The molecule has 2 aromatic carbocycles. The van der Waals surface area contributed by atoms with Crippen molar-refractivity contribution in [2.45, 2.75) is 40.2 Å². The first-order valence-electron chi connectivity index (χ1n) is 8.89. The fraction of sp³-hybridized carbons (Fsp3) is 0.381. The maximum Gasteiger partial charge on any atom is 0.407 e. The molecular weight excluding hydrogens is 344 g/mol. The molecule has 0 saturated heterocycles. The highest BCUT2D eigenvalue weighted by molar-refractivity contribution is 5.66. The molecule has 0 aliphatic carbocycles. The number of amides is 1. The fourth-order valence-electron chi connectivity index (χ4n) is 3.41. The molecule has 0 saturated carbocycles. The molecule has 0 bridgehead atoms. The van der Waals surface area contributed by atoms with Crippen molar-refractivity contribution < 1.29 is 14.8 Å². The first-order chi connectivity index (χ1) is 12.6. The maximum absolute atomic E-state index is 12.1. The smallest absolute Gasteiger partial charge is 0.407 e. The third-order valence-electron chi connectivity index (χ3n) is 4.50. The number of nitro benzene ring substituents is 1. The Morgan fingerprint density at radius 3 is 2.41 bits per heavy atom. The number of nitro groups is 1. The number of hydrogen-bond donors (Lipinski definition) is 1. The number of benzene rings is 2. The molecule has 0 aliphatic heterocycles. The van der Waals surface area contributed by atoms with Crippen LogP contribution in [0.3, 0.4) is 0 Å². The van der Waals surface area contributed by atoms with Gasteiger partial charge in [-0.25, -0.2) is 4.79 Å². The summed E-state index contributed by atoms with van der Waals surface area (Å²) in [5.41, 5.74) is 2.35. The molecular formula is C21H26N2O4. The SMILES string of the molecule is Cc1cccc(CCN(C(=O)O)C(c2cccc([N+](=O)[O-])c2)C(C)(C)C)c1. The van der Waals surface area contributed by atoms with E-state index in [0.717, 1.165) is 11.1 Å². The molecule has 2 rings (SSSR count). The van der Waals surface area contributed by atoms with Crippen LogP contribution in [0.15, 0.2) is 48.5 Å². The molecule has 6 nitrogen and oxygen atoms in total. The molecule has 27 heavy (non-hydrogen) atoms. The summed E-state index contributed by atoms with van der Waals surface area (Å²) in [5.74, 6) is 0. The summed E-state index contributed by atoms with van der Waals surface area (Å²) in [7, 11) is 0. The quantitative estimate of drug-likeness (QED) is 0.558. The summed E-state index contributed by atoms with van der Waals surface area (Å²) < 4.78 is 0. The van der Waals surface area contributed by atoms with Gasteiger partial charge in [-0.1, -0.05) is 62.7 Å². The average molecular weight is 370 g/mol. The van der Waals surface area contributed by atoms with E-state index in [1.54, 1.807) is 12.1 Å². The number of carboxylic acid groups (broad SMARTS) is 1. The molecule has 144 valence electrons. The highest BCUT2D eigenvalue weighted by Crippen LogP contribution is 2.39. The lowest BCUT2D eigenvalue weighted by atomic mass is 9.81. The third kappa shape index (κ3) is 5.29. The third-order valence-corrected chi connectivity index (χ3v) is 4.50. The van der Waals surface area contributed by atoms with Gasteiger partial charge < -0.3 is 10.0 Å². The second kappa shape index (κ2) is 8.20. The van der Waals surface area contributed by atoms with Crippen molar-refractivity contribution in [3.05, 3.63) is 75.3 Å². The van der Waals surface area contributed by atoms with E-state index >= 15 is 0 Å². The van der Waals surface area contributed by atoms with Crippen LogP contribution < -0.4 is 0 Å². The van der Waals surface area contributed by atoms with Crippen molar-refractivity contribution in [1.82, 2.24) is 4.90 Å². The number of rotatable bonds is 6. The van der Waals surface area contributed by atoms with E-state index in [0.29, 0.717) is 18.5 Å². The second-order valence-electron chi connectivity index (χ2n) is 7.84. The van der Waals surface area contributed by atoms with Gasteiger partial charge in [0.2, 0.25) is 0 Å². The standard InChI is InChI=1S/C21H26N2O4/c1-15-7-5-8-16(13-15)11-12-22(20(24)25)19(21(2,3)4)17-9-6-10-18(14-17)23(26)27/h5-10,13-14,19H,11-12H2,1-4H3,(H,24,25). The lowest BCUT2D eigenvalue weighted by molar-refractivity contribution is -0.385.